The van der Waals surface area contributed by atoms with Gasteiger partial charge in [0, 0.05) is 31.6 Å². The van der Waals surface area contributed by atoms with Crippen LogP contribution in [0.2, 0.25) is 0 Å². The predicted octanol–water partition coefficient (Wildman–Crippen LogP) is 1.64. The Morgan fingerprint density at radius 3 is 2.88 bits per heavy atom. The number of hydrogen-bond donors (Lipinski definition) is 2. The van der Waals surface area contributed by atoms with Crippen molar-refractivity contribution in [1.29, 1.82) is 0 Å². The van der Waals surface area contributed by atoms with Crippen LogP contribution in [0.25, 0.3) is 0 Å². The summed E-state index contributed by atoms with van der Waals surface area (Å²) in [5, 5.41) is 9.86. The molecule has 0 saturated carbocycles. The molecule has 0 atom stereocenters. The molecular formula is C16H22N4O3S. The van der Waals surface area contributed by atoms with Crippen LogP contribution in [0.1, 0.15) is 22.1 Å². The summed E-state index contributed by atoms with van der Waals surface area (Å²) < 4.78 is 10.0. The van der Waals surface area contributed by atoms with Crippen LogP contribution < -0.4 is 10.6 Å². The number of ether oxygens (including phenoxy) is 1. The first-order valence-electron chi connectivity index (χ1n) is 7.69. The van der Waals surface area contributed by atoms with Gasteiger partial charge in [0.25, 0.3) is 5.91 Å². The lowest BCUT2D eigenvalue weighted by molar-refractivity contribution is 0.0950. The predicted molar refractivity (Wildman–Crippen MR) is 92.1 cm³/mol. The van der Waals surface area contributed by atoms with Gasteiger partial charge in [-0.1, -0.05) is 17.3 Å². The van der Waals surface area contributed by atoms with Gasteiger partial charge in [-0.15, -0.1) is 11.8 Å². The summed E-state index contributed by atoms with van der Waals surface area (Å²) in [5.74, 6) is 1.60. The van der Waals surface area contributed by atoms with Crippen molar-refractivity contribution < 1.29 is 14.1 Å². The number of thioether (sulfide) groups is 1. The Balaban J connectivity index is 1.84. The van der Waals surface area contributed by atoms with Gasteiger partial charge in [-0.2, -0.15) is 4.98 Å². The van der Waals surface area contributed by atoms with Crippen molar-refractivity contribution in [3.8, 4) is 0 Å². The van der Waals surface area contributed by atoms with Crippen molar-refractivity contribution in [2.45, 2.75) is 17.6 Å². The zero-order valence-corrected chi connectivity index (χ0v) is 14.7. The molecule has 7 nitrogen and oxygen atoms in total. The van der Waals surface area contributed by atoms with Gasteiger partial charge < -0.3 is 19.9 Å². The molecule has 0 aliphatic rings. The molecule has 24 heavy (non-hydrogen) atoms. The molecule has 0 aliphatic heterocycles. The van der Waals surface area contributed by atoms with E-state index in [2.05, 4.69) is 20.8 Å². The minimum absolute atomic E-state index is 0.0895. The van der Waals surface area contributed by atoms with E-state index in [0.29, 0.717) is 42.7 Å². The Kier molecular flexibility index (Phi) is 7.73. The molecule has 130 valence electrons. The normalized spacial score (nSPS) is 10.8. The second-order valence-corrected chi connectivity index (χ2v) is 6.04. The summed E-state index contributed by atoms with van der Waals surface area (Å²) in [5.41, 5.74) is 0.649. The minimum Gasteiger partial charge on any atom is -0.383 e. The second-order valence-electron chi connectivity index (χ2n) is 5.02. The van der Waals surface area contributed by atoms with Crippen LogP contribution in [0.5, 0.6) is 0 Å². The van der Waals surface area contributed by atoms with E-state index < -0.39 is 0 Å². The molecular weight excluding hydrogens is 328 g/mol. The number of aryl methyl sites for hydroxylation is 1. The number of carbonyl (C=O) groups is 1. The van der Waals surface area contributed by atoms with Crippen LogP contribution in [0.3, 0.4) is 0 Å². The summed E-state index contributed by atoms with van der Waals surface area (Å²) in [4.78, 5) is 17.4. The summed E-state index contributed by atoms with van der Waals surface area (Å²) in [6.07, 6.45) is 0. The Labute approximate surface area is 145 Å². The zero-order valence-electron chi connectivity index (χ0n) is 13.9. The smallest absolute Gasteiger partial charge is 0.252 e. The highest BCUT2D eigenvalue weighted by molar-refractivity contribution is 7.98. The molecule has 0 bridgehead atoms. The Morgan fingerprint density at radius 2 is 2.12 bits per heavy atom. The maximum absolute atomic E-state index is 12.3. The van der Waals surface area contributed by atoms with Crippen molar-refractivity contribution in [3.05, 3.63) is 41.5 Å². The van der Waals surface area contributed by atoms with Gasteiger partial charge in [-0.3, -0.25) is 4.79 Å². The van der Waals surface area contributed by atoms with Crippen molar-refractivity contribution in [2.24, 2.45) is 0 Å². The molecule has 0 fully saturated rings. The summed E-state index contributed by atoms with van der Waals surface area (Å²) in [6.45, 7) is 4.46. The topological polar surface area (TPSA) is 89.3 Å². The third-order valence-corrected chi connectivity index (χ3v) is 4.18. The average molecular weight is 350 g/mol. The van der Waals surface area contributed by atoms with Crippen molar-refractivity contribution in [1.82, 2.24) is 20.8 Å². The monoisotopic (exact) mass is 350 g/mol. The zero-order chi connectivity index (χ0) is 17.2. The molecule has 1 amide bonds. The number of hydrogen-bond acceptors (Lipinski definition) is 7. The molecule has 0 saturated heterocycles. The SMILES string of the molecule is COCCNCCNC(=O)c1ccccc1SCc1nc(C)no1. The van der Waals surface area contributed by atoms with E-state index in [1.165, 1.54) is 11.8 Å². The molecule has 1 aromatic carbocycles. The third kappa shape index (κ3) is 5.95. The van der Waals surface area contributed by atoms with Crippen LogP contribution in [-0.2, 0) is 10.5 Å². The number of nitrogens with zero attached hydrogens (tertiary/aromatic N) is 2. The lowest BCUT2D eigenvalue weighted by atomic mass is 10.2. The number of aromatic nitrogens is 2. The second kappa shape index (κ2) is 10.1. The van der Waals surface area contributed by atoms with Gasteiger partial charge in [0.1, 0.15) is 0 Å². The number of nitrogens with one attached hydrogen (secondary N) is 2. The average Bonchev–Trinajstić information content (AvgIpc) is 3.01. The molecule has 2 rings (SSSR count). The highest BCUT2D eigenvalue weighted by Gasteiger charge is 2.12. The van der Waals surface area contributed by atoms with Crippen LogP contribution in [0.4, 0.5) is 0 Å². The summed E-state index contributed by atoms with van der Waals surface area (Å²) >= 11 is 1.50. The fraction of sp³-hybridized carbons (Fsp3) is 0.438. The van der Waals surface area contributed by atoms with Crippen molar-refractivity contribution >= 4 is 17.7 Å². The fourth-order valence-electron chi connectivity index (χ4n) is 1.98. The first kappa shape index (κ1) is 18.4. The van der Waals surface area contributed by atoms with Gasteiger partial charge in [-0.25, -0.2) is 0 Å². The van der Waals surface area contributed by atoms with Gasteiger partial charge in [0.05, 0.1) is 17.9 Å². The third-order valence-electron chi connectivity index (χ3n) is 3.12. The quantitative estimate of drug-likeness (QED) is 0.497. The standard InChI is InChI=1S/C16H22N4O3S/c1-12-19-15(23-20-12)11-24-14-6-4-3-5-13(14)16(21)18-8-7-17-9-10-22-2/h3-6,17H,7-11H2,1-2H3,(H,18,21). The molecule has 0 aliphatic carbocycles. The van der Waals surface area contributed by atoms with E-state index in [-0.39, 0.29) is 5.91 Å². The summed E-state index contributed by atoms with van der Waals surface area (Å²) in [7, 11) is 1.66. The van der Waals surface area contributed by atoms with Gasteiger partial charge >= 0.3 is 0 Å². The Bertz CT molecular complexity index is 648. The highest BCUT2D eigenvalue weighted by atomic mass is 32.2. The minimum atomic E-state index is -0.0895. The van der Waals surface area contributed by atoms with Crippen molar-refractivity contribution in [2.75, 3.05) is 33.4 Å². The molecule has 0 spiro atoms. The molecule has 2 N–H and O–H groups in total. The van der Waals surface area contributed by atoms with E-state index in [0.717, 1.165) is 11.4 Å². The van der Waals surface area contributed by atoms with E-state index in [9.17, 15) is 4.79 Å². The van der Waals surface area contributed by atoms with Gasteiger partial charge in [0.2, 0.25) is 5.89 Å². The fourth-order valence-corrected chi connectivity index (χ4v) is 2.86. The highest BCUT2D eigenvalue weighted by Crippen LogP contribution is 2.25. The molecule has 1 aromatic heterocycles. The van der Waals surface area contributed by atoms with E-state index in [4.69, 9.17) is 9.26 Å². The maximum atomic E-state index is 12.3. The van der Waals surface area contributed by atoms with Crippen LogP contribution in [0, 0.1) is 6.92 Å². The number of rotatable bonds is 10. The maximum Gasteiger partial charge on any atom is 0.252 e. The van der Waals surface area contributed by atoms with Crippen molar-refractivity contribution in [3.63, 3.8) is 0 Å². The number of amides is 1. The number of carbonyl (C=O) groups excluding carboxylic acids is 1. The number of methoxy groups -OCH3 is 1. The molecule has 8 heteroatoms. The van der Waals surface area contributed by atoms with E-state index >= 15 is 0 Å². The lowest BCUT2D eigenvalue weighted by Gasteiger charge is -2.09. The van der Waals surface area contributed by atoms with E-state index in [1.54, 1.807) is 14.0 Å². The summed E-state index contributed by atoms with van der Waals surface area (Å²) in [6, 6.07) is 7.49. The molecule has 0 radical (unpaired) electrons. The number of benzene rings is 1. The lowest BCUT2D eigenvalue weighted by Crippen LogP contribution is -2.33. The van der Waals surface area contributed by atoms with Crippen LogP contribution >= 0.6 is 11.8 Å². The Hall–Kier alpha value is -1.90. The van der Waals surface area contributed by atoms with Gasteiger partial charge in [-0.05, 0) is 19.1 Å². The first-order valence-corrected chi connectivity index (χ1v) is 8.68. The van der Waals surface area contributed by atoms with Crippen LogP contribution in [-0.4, -0.2) is 49.4 Å². The molecule has 2 aromatic rings. The molecule has 0 unspecified atom stereocenters. The molecule has 1 heterocycles. The van der Waals surface area contributed by atoms with E-state index in [1.807, 2.05) is 24.3 Å². The largest absolute Gasteiger partial charge is 0.383 e. The first-order chi connectivity index (χ1) is 11.7. The van der Waals surface area contributed by atoms with Crippen LogP contribution in [0.15, 0.2) is 33.7 Å². The Morgan fingerprint density at radius 1 is 1.29 bits per heavy atom. The van der Waals surface area contributed by atoms with Gasteiger partial charge in [0.15, 0.2) is 5.82 Å².